The molecule has 3 aromatic rings. The zero-order valence-electron chi connectivity index (χ0n) is 24.1. The second kappa shape index (κ2) is 13.1. The molecule has 1 aliphatic carbocycles. The highest BCUT2D eigenvalue weighted by Gasteiger charge is 2.46. The minimum absolute atomic E-state index is 0.00958. The van der Waals surface area contributed by atoms with Crippen LogP contribution in [0.1, 0.15) is 66.8 Å². The van der Waals surface area contributed by atoms with Crippen LogP contribution >= 0.6 is 0 Å². The monoisotopic (exact) mass is 602 g/mol. The Morgan fingerprint density at radius 2 is 1.77 bits per heavy atom. The molecule has 2 amide bonds. The van der Waals surface area contributed by atoms with Gasteiger partial charge in [0.05, 0.1) is 17.4 Å². The van der Waals surface area contributed by atoms with Crippen molar-refractivity contribution in [2.24, 2.45) is 0 Å². The van der Waals surface area contributed by atoms with Crippen LogP contribution in [0.3, 0.4) is 0 Å². The first kappa shape index (κ1) is 30.4. The first-order valence-electron chi connectivity index (χ1n) is 14.6. The molecule has 8 nitrogen and oxygen atoms in total. The van der Waals surface area contributed by atoms with Gasteiger partial charge in [-0.3, -0.25) is 14.5 Å². The van der Waals surface area contributed by atoms with Gasteiger partial charge in [0.2, 0.25) is 21.8 Å². The number of anilines is 1. The number of nitrogens with one attached hydrogen (secondary N) is 1. The maximum Gasteiger partial charge on any atom is 0.248 e. The van der Waals surface area contributed by atoms with E-state index in [1.54, 1.807) is 42.5 Å². The van der Waals surface area contributed by atoms with Crippen LogP contribution in [0.25, 0.3) is 0 Å². The third kappa shape index (κ3) is 6.79. The Bertz CT molecular complexity index is 1650. The number of halogens is 1. The molecule has 5 rings (SSSR count). The normalized spacial score (nSPS) is 19.3. The number of hydrogen-bond donors (Lipinski definition) is 1. The Kier molecular flexibility index (Phi) is 9.23. The van der Waals surface area contributed by atoms with Crippen molar-refractivity contribution in [1.82, 2.24) is 9.62 Å². The number of hydrogen-bond acceptors (Lipinski definition) is 5. The molecule has 0 unspecified atom stereocenters. The van der Waals surface area contributed by atoms with Crippen molar-refractivity contribution in [2.75, 3.05) is 10.7 Å². The van der Waals surface area contributed by atoms with Gasteiger partial charge in [0.15, 0.2) is 0 Å². The summed E-state index contributed by atoms with van der Waals surface area (Å²) < 4.78 is 42.4. The maximum atomic E-state index is 14.7. The summed E-state index contributed by atoms with van der Waals surface area (Å²) >= 11 is 0. The van der Waals surface area contributed by atoms with E-state index in [1.807, 2.05) is 19.1 Å². The molecule has 0 radical (unpaired) electrons. The van der Waals surface area contributed by atoms with Crippen molar-refractivity contribution in [3.63, 3.8) is 0 Å². The van der Waals surface area contributed by atoms with Crippen LogP contribution in [-0.2, 0) is 26.2 Å². The fourth-order valence-electron chi connectivity index (χ4n) is 6.10. The van der Waals surface area contributed by atoms with Crippen LogP contribution < -0.4 is 10.2 Å². The first-order chi connectivity index (χ1) is 20.7. The summed E-state index contributed by atoms with van der Waals surface area (Å²) in [5.41, 5.74) is 2.43. The molecule has 10 heteroatoms. The lowest BCUT2D eigenvalue weighted by molar-refractivity contribution is -0.128. The summed E-state index contributed by atoms with van der Waals surface area (Å²) in [6.45, 7) is 1.73. The van der Waals surface area contributed by atoms with Gasteiger partial charge in [-0.1, -0.05) is 61.7 Å². The molecular weight excluding hydrogens is 567 g/mol. The van der Waals surface area contributed by atoms with Gasteiger partial charge in [0.25, 0.3) is 0 Å². The summed E-state index contributed by atoms with van der Waals surface area (Å²) in [6, 6.07) is 19.0. The van der Waals surface area contributed by atoms with Crippen molar-refractivity contribution < 1.29 is 22.4 Å². The minimum Gasteiger partial charge on any atom is -0.351 e. The van der Waals surface area contributed by atoms with E-state index in [0.29, 0.717) is 16.7 Å². The van der Waals surface area contributed by atoms with Crippen LogP contribution in [0.5, 0.6) is 0 Å². The van der Waals surface area contributed by atoms with Crippen LogP contribution in [0.15, 0.2) is 72.8 Å². The van der Waals surface area contributed by atoms with Crippen molar-refractivity contribution in [3.05, 3.63) is 101 Å². The summed E-state index contributed by atoms with van der Waals surface area (Å²) in [4.78, 5) is 30.1. The van der Waals surface area contributed by atoms with E-state index >= 15 is 0 Å². The Morgan fingerprint density at radius 1 is 1.02 bits per heavy atom. The van der Waals surface area contributed by atoms with E-state index in [0.717, 1.165) is 42.0 Å². The number of carbonyl (C=O) groups is 2. The largest absolute Gasteiger partial charge is 0.351 e. The molecular formula is C33H35FN4O4S. The quantitative estimate of drug-likeness (QED) is 0.384. The Hall–Kier alpha value is -4.07. The molecule has 3 aromatic carbocycles. The van der Waals surface area contributed by atoms with Crippen molar-refractivity contribution in [3.8, 4) is 6.07 Å². The Balaban J connectivity index is 1.59. The van der Waals surface area contributed by atoms with Gasteiger partial charge in [-0.05, 0) is 73.2 Å². The fourth-order valence-corrected chi connectivity index (χ4v) is 7.78. The molecule has 1 saturated carbocycles. The summed E-state index contributed by atoms with van der Waals surface area (Å²) in [7, 11) is -3.84. The highest BCUT2D eigenvalue weighted by atomic mass is 32.2. The lowest BCUT2D eigenvalue weighted by atomic mass is 9.93. The first-order valence-corrected chi connectivity index (χ1v) is 16.2. The molecule has 1 N–H and O–H groups in total. The highest BCUT2D eigenvalue weighted by molar-refractivity contribution is 7.89. The zero-order chi connectivity index (χ0) is 30.6. The van der Waals surface area contributed by atoms with Gasteiger partial charge in [-0.2, -0.15) is 9.57 Å². The van der Waals surface area contributed by atoms with E-state index in [1.165, 1.54) is 23.1 Å². The van der Waals surface area contributed by atoms with Crippen molar-refractivity contribution in [1.29, 1.82) is 5.26 Å². The smallest absolute Gasteiger partial charge is 0.248 e. The van der Waals surface area contributed by atoms with E-state index in [4.69, 9.17) is 0 Å². The van der Waals surface area contributed by atoms with Crippen LogP contribution in [0, 0.1) is 24.1 Å². The average molecular weight is 603 g/mol. The molecule has 1 saturated heterocycles. The van der Waals surface area contributed by atoms with Gasteiger partial charge in [-0.15, -0.1) is 0 Å². The Labute approximate surface area is 252 Å². The molecule has 43 heavy (non-hydrogen) atoms. The molecule has 0 bridgehead atoms. The van der Waals surface area contributed by atoms with Crippen molar-refractivity contribution in [2.45, 2.75) is 70.1 Å². The van der Waals surface area contributed by atoms with Crippen molar-refractivity contribution >= 4 is 27.5 Å². The molecule has 224 valence electrons. The third-order valence-electron chi connectivity index (χ3n) is 8.30. The maximum absolute atomic E-state index is 14.7. The number of aryl methyl sites for hydroxylation is 1. The summed E-state index contributed by atoms with van der Waals surface area (Å²) in [6.07, 6.45) is 4.76. The number of carbonyl (C=O) groups excluding carboxylic acids is 2. The Morgan fingerprint density at radius 3 is 2.49 bits per heavy atom. The SMILES string of the molecule is Cc1ccccc1[C@H](C(=O)NC1CCCCC1)N(C(=O)[C@@H]1CCS(=O)(=O)N1Cc1cccc(C#N)c1)c1cccc(F)c1. The molecule has 2 fully saturated rings. The number of amides is 2. The predicted octanol–water partition coefficient (Wildman–Crippen LogP) is 5.13. The van der Waals surface area contributed by atoms with Gasteiger partial charge in [-0.25, -0.2) is 12.8 Å². The van der Waals surface area contributed by atoms with Crippen LogP contribution in [0.2, 0.25) is 0 Å². The number of nitriles is 1. The van der Waals surface area contributed by atoms with E-state index in [2.05, 4.69) is 11.4 Å². The lowest BCUT2D eigenvalue weighted by Gasteiger charge is -2.36. The minimum atomic E-state index is -3.84. The number of benzene rings is 3. The third-order valence-corrected chi connectivity index (χ3v) is 10.1. The van der Waals surface area contributed by atoms with Crippen LogP contribution in [-0.4, -0.2) is 42.4 Å². The average Bonchev–Trinajstić information content (AvgIpc) is 3.30. The number of sulfonamides is 1. The zero-order valence-corrected chi connectivity index (χ0v) is 24.9. The molecule has 0 spiro atoms. The van der Waals surface area contributed by atoms with E-state index in [9.17, 15) is 27.7 Å². The van der Waals surface area contributed by atoms with Gasteiger partial charge in [0.1, 0.15) is 17.9 Å². The predicted molar refractivity (Wildman–Crippen MR) is 162 cm³/mol. The number of rotatable bonds is 8. The summed E-state index contributed by atoms with van der Waals surface area (Å²) in [5.74, 6) is -1.85. The molecule has 2 aliphatic rings. The van der Waals surface area contributed by atoms with Gasteiger partial charge >= 0.3 is 0 Å². The van der Waals surface area contributed by atoms with Crippen LogP contribution in [0.4, 0.5) is 10.1 Å². The van der Waals surface area contributed by atoms with E-state index < -0.39 is 39.7 Å². The fraction of sp³-hybridized carbons (Fsp3) is 0.364. The molecule has 1 heterocycles. The molecule has 1 aliphatic heterocycles. The lowest BCUT2D eigenvalue weighted by Crippen LogP contribution is -2.52. The van der Waals surface area contributed by atoms with Gasteiger partial charge in [0, 0.05) is 18.3 Å². The van der Waals surface area contributed by atoms with E-state index in [-0.39, 0.29) is 30.4 Å². The van der Waals surface area contributed by atoms with Gasteiger partial charge < -0.3 is 5.32 Å². The molecule has 0 aromatic heterocycles. The highest BCUT2D eigenvalue weighted by Crippen LogP contribution is 2.35. The topological polar surface area (TPSA) is 111 Å². The molecule has 2 atom stereocenters. The summed E-state index contributed by atoms with van der Waals surface area (Å²) in [5, 5.41) is 12.5. The number of nitrogens with zero attached hydrogens (tertiary/aromatic N) is 3. The second-order valence-corrected chi connectivity index (χ2v) is 13.3. The second-order valence-electron chi connectivity index (χ2n) is 11.3. The standard InChI is InChI=1S/C33H35FN4O4S/c1-23-9-5-6-16-29(23)31(32(39)36-27-13-3-2-4-14-27)38(28-15-8-12-26(34)20-28)33(40)30-17-18-43(41,42)37(30)22-25-11-7-10-24(19-25)21-35/h5-12,15-16,19-20,27,30-31H,2-4,13-14,17-18,22H2,1H3,(H,36,39)/t30-,31+/m0/s1.